The fraction of sp³-hybridized carbons (Fsp3) is 0.680. The molecule has 9 heteroatoms. The molecule has 2 atom stereocenters. The smallest absolute Gasteiger partial charge is 0.413 e. The maximum atomic E-state index is 13.2. The summed E-state index contributed by atoms with van der Waals surface area (Å²) in [6, 6.07) is 1.69. The largest absolute Gasteiger partial charge is 0.444 e. The average Bonchev–Trinajstić information content (AvgIpc) is 2.74. The lowest BCUT2D eigenvalue weighted by Gasteiger charge is -2.44. The van der Waals surface area contributed by atoms with Crippen LogP contribution < -0.4 is 10.6 Å². The zero-order valence-electron chi connectivity index (χ0n) is 20.9. The lowest BCUT2D eigenvalue weighted by atomic mass is 9.77. The molecule has 3 rings (SSSR count). The number of carbonyl (C=O) groups is 3. The van der Waals surface area contributed by atoms with Crippen LogP contribution in [0.5, 0.6) is 0 Å². The molecule has 2 heterocycles. The van der Waals surface area contributed by atoms with Crippen LogP contribution in [-0.2, 0) is 14.3 Å². The van der Waals surface area contributed by atoms with Crippen LogP contribution in [0.25, 0.3) is 0 Å². The summed E-state index contributed by atoms with van der Waals surface area (Å²) in [6.07, 6.45) is 5.70. The number of amides is 3. The van der Waals surface area contributed by atoms with E-state index in [1.165, 1.54) is 6.20 Å². The number of hydrogen-bond donors (Lipinski definition) is 3. The monoisotopic (exact) mass is 474 g/mol. The van der Waals surface area contributed by atoms with E-state index in [-0.39, 0.29) is 12.1 Å². The number of aryl methyl sites for hydroxylation is 1. The van der Waals surface area contributed by atoms with Gasteiger partial charge in [-0.05, 0) is 89.7 Å². The first-order valence-electron chi connectivity index (χ1n) is 12.2. The highest BCUT2D eigenvalue weighted by atomic mass is 16.6. The van der Waals surface area contributed by atoms with Crippen molar-refractivity contribution in [2.24, 2.45) is 11.8 Å². The number of rotatable bonds is 3. The van der Waals surface area contributed by atoms with Crippen LogP contribution in [0.4, 0.5) is 16.3 Å². The summed E-state index contributed by atoms with van der Waals surface area (Å²) in [6.45, 7) is 9.72. The number of nitrogens with one attached hydrogen (secondary N) is 2. The summed E-state index contributed by atoms with van der Waals surface area (Å²) >= 11 is 0. The van der Waals surface area contributed by atoms with Crippen molar-refractivity contribution in [2.75, 3.05) is 17.2 Å². The topological polar surface area (TPSA) is 121 Å². The van der Waals surface area contributed by atoms with Crippen molar-refractivity contribution in [2.45, 2.75) is 90.9 Å². The average molecular weight is 475 g/mol. The minimum absolute atomic E-state index is 0.0298. The predicted octanol–water partition coefficient (Wildman–Crippen LogP) is 3.85. The first-order chi connectivity index (χ1) is 15.9. The van der Waals surface area contributed by atoms with E-state index in [2.05, 4.69) is 22.5 Å². The van der Waals surface area contributed by atoms with Gasteiger partial charge in [-0.2, -0.15) is 0 Å². The van der Waals surface area contributed by atoms with Gasteiger partial charge in [0.25, 0.3) is 0 Å². The minimum Gasteiger partial charge on any atom is -0.444 e. The van der Waals surface area contributed by atoms with Crippen LogP contribution in [0.1, 0.15) is 71.8 Å². The van der Waals surface area contributed by atoms with Gasteiger partial charge >= 0.3 is 17.9 Å². The van der Waals surface area contributed by atoms with E-state index in [4.69, 9.17) is 4.74 Å². The van der Waals surface area contributed by atoms with E-state index in [1.807, 2.05) is 0 Å². The molecule has 0 unspecified atom stereocenters. The lowest BCUT2D eigenvalue weighted by Crippen LogP contribution is -2.53. The maximum absolute atomic E-state index is 13.2. The molecule has 1 aliphatic carbocycles. The number of piperidine rings is 1. The molecule has 1 saturated heterocycles. The third-order valence-corrected chi connectivity index (χ3v) is 6.56. The third-order valence-electron chi connectivity index (χ3n) is 6.56. The summed E-state index contributed by atoms with van der Waals surface area (Å²) in [7, 11) is 0. The predicted molar refractivity (Wildman–Crippen MR) is 129 cm³/mol. The fourth-order valence-corrected chi connectivity index (χ4v) is 4.87. The Kier molecular flexibility index (Phi) is 8.17. The van der Waals surface area contributed by atoms with Gasteiger partial charge in [-0.25, -0.2) is 9.78 Å². The fourth-order valence-electron chi connectivity index (χ4n) is 4.87. The molecular formula is C25H38N4O5. The Hall–Kier alpha value is -2.68. The van der Waals surface area contributed by atoms with Crippen molar-refractivity contribution in [3.8, 4) is 0 Å². The van der Waals surface area contributed by atoms with E-state index < -0.39 is 23.5 Å². The molecule has 34 heavy (non-hydrogen) atoms. The zero-order chi connectivity index (χ0) is 25.0. The molecule has 2 fully saturated rings. The Morgan fingerprint density at radius 3 is 2.38 bits per heavy atom. The summed E-state index contributed by atoms with van der Waals surface area (Å²) in [5.41, 5.74) is 0.377. The van der Waals surface area contributed by atoms with Gasteiger partial charge < -0.3 is 20.1 Å². The lowest BCUT2D eigenvalue weighted by molar-refractivity contribution is -0.148. The van der Waals surface area contributed by atoms with Crippen LogP contribution in [0.3, 0.4) is 0 Å². The maximum Gasteiger partial charge on any atom is 0.413 e. The molecule has 1 aliphatic heterocycles. The quantitative estimate of drug-likeness (QED) is 0.572. The number of hydrogen-bond acceptors (Lipinski definition) is 6. The zero-order valence-corrected chi connectivity index (χ0v) is 20.9. The number of likely N-dealkylation sites (tertiary alicyclic amines) is 1. The number of aromatic nitrogens is 1. The number of anilines is 2. The van der Waals surface area contributed by atoms with Gasteiger partial charge in [0.05, 0.1) is 18.0 Å². The van der Waals surface area contributed by atoms with Crippen molar-refractivity contribution in [1.29, 1.82) is 0 Å². The molecule has 1 aromatic heterocycles. The Bertz CT molecular complexity index is 905. The van der Waals surface area contributed by atoms with Crippen molar-refractivity contribution < 1.29 is 24.2 Å². The molecule has 1 aromatic rings. The highest BCUT2D eigenvalue weighted by molar-refractivity contribution is 6.39. The Balaban J connectivity index is 1.64. The highest BCUT2D eigenvalue weighted by Gasteiger charge is 2.38. The number of ether oxygens (including phenoxy) is 1. The number of aliphatic hydroxyl groups excluding tert-OH is 1. The molecule has 188 valence electrons. The van der Waals surface area contributed by atoms with Gasteiger partial charge in [-0.3, -0.25) is 14.9 Å². The molecule has 0 aromatic carbocycles. The van der Waals surface area contributed by atoms with Gasteiger partial charge in [-0.15, -0.1) is 0 Å². The van der Waals surface area contributed by atoms with Crippen LogP contribution in [0.15, 0.2) is 12.3 Å². The number of aliphatic hydroxyl groups is 1. The second kappa shape index (κ2) is 10.7. The van der Waals surface area contributed by atoms with E-state index in [1.54, 1.807) is 38.7 Å². The molecule has 1 saturated carbocycles. The van der Waals surface area contributed by atoms with Crippen LogP contribution in [0, 0.1) is 18.8 Å². The van der Waals surface area contributed by atoms with Crippen LogP contribution in [0.2, 0.25) is 0 Å². The second-order valence-corrected chi connectivity index (χ2v) is 10.7. The van der Waals surface area contributed by atoms with Crippen molar-refractivity contribution in [3.05, 3.63) is 17.8 Å². The summed E-state index contributed by atoms with van der Waals surface area (Å²) in [4.78, 5) is 44.0. The first kappa shape index (κ1) is 25.9. The van der Waals surface area contributed by atoms with Gasteiger partial charge in [0, 0.05) is 12.6 Å². The van der Waals surface area contributed by atoms with Gasteiger partial charge in [0.2, 0.25) is 0 Å². The highest BCUT2D eigenvalue weighted by Crippen LogP contribution is 2.35. The molecule has 3 amide bonds. The summed E-state index contributed by atoms with van der Waals surface area (Å²) < 4.78 is 5.24. The van der Waals surface area contributed by atoms with E-state index in [9.17, 15) is 19.5 Å². The normalized spacial score (nSPS) is 25.4. The van der Waals surface area contributed by atoms with Crippen molar-refractivity contribution in [1.82, 2.24) is 9.88 Å². The Labute approximate surface area is 201 Å². The van der Waals surface area contributed by atoms with Gasteiger partial charge in [0.15, 0.2) is 0 Å². The molecule has 9 nitrogen and oxygen atoms in total. The minimum atomic E-state index is -0.691. The van der Waals surface area contributed by atoms with Crippen LogP contribution in [-0.4, -0.2) is 57.2 Å². The molecule has 0 bridgehead atoms. The summed E-state index contributed by atoms with van der Waals surface area (Å²) in [5, 5.41) is 15.1. The second-order valence-electron chi connectivity index (χ2n) is 10.7. The molecular weight excluding hydrogens is 436 g/mol. The van der Waals surface area contributed by atoms with Gasteiger partial charge in [-0.1, -0.05) is 6.92 Å². The number of pyridine rings is 1. The number of carbonyl (C=O) groups excluding carboxylic acids is 3. The standard InChI is InChI=1S/C25H38N4O5/c1-15-6-11-20(17-7-9-19(30)10-8-17)29(14-15)23(32)22(31)27-18-12-16(2)21(26-13-18)28-24(33)34-25(3,4)5/h12-13,15,17,19-20,30H,6-11,14H2,1-5H3,(H,27,31)(H,26,28,33)/t15-,17-,19-,20-/m0/s1. The molecule has 2 aliphatic rings. The van der Waals surface area contributed by atoms with E-state index in [0.717, 1.165) is 38.5 Å². The van der Waals surface area contributed by atoms with Crippen molar-refractivity contribution >= 4 is 29.4 Å². The Morgan fingerprint density at radius 2 is 1.76 bits per heavy atom. The summed E-state index contributed by atoms with van der Waals surface area (Å²) in [5.74, 6) is -0.248. The first-order valence-corrected chi connectivity index (χ1v) is 12.2. The van der Waals surface area contributed by atoms with Crippen LogP contribution >= 0.6 is 0 Å². The van der Waals surface area contributed by atoms with Crippen molar-refractivity contribution in [3.63, 3.8) is 0 Å². The molecule has 3 N–H and O–H groups in total. The third kappa shape index (κ3) is 6.91. The van der Waals surface area contributed by atoms with E-state index >= 15 is 0 Å². The van der Waals surface area contributed by atoms with Gasteiger partial charge in [0.1, 0.15) is 11.4 Å². The Morgan fingerprint density at radius 1 is 1.09 bits per heavy atom. The molecule has 0 spiro atoms. The van der Waals surface area contributed by atoms with E-state index in [0.29, 0.717) is 35.4 Å². The number of nitrogens with zero attached hydrogens (tertiary/aromatic N) is 2. The molecule has 0 radical (unpaired) electrons. The SMILES string of the molecule is Cc1cc(NC(=O)C(=O)N2C[C@@H](C)CC[C@H]2[C@H]2CC[C@H](O)CC2)cnc1NC(=O)OC(C)(C)C.